The Bertz CT molecular complexity index is 2610. The summed E-state index contributed by atoms with van der Waals surface area (Å²) in [4.78, 5) is 64.0. The minimum absolute atomic E-state index is 0. The van der Waals surface area contributed by atoms with E-state index in [1.54, 1.807) is 42.6 Å². The van der Waals surface area contributed by atoms with E-state index in [4.69, 9.17) is 34.8 Å². The summed E-state index contributed by atoms with van der Waals surface area (Å²) in [5, 5.41) is 10.1. The van der Waals surface area contributed by atoms with E-state index in [9.17, 15) is 19.2 Å². The first kappa shape index (κ1) is 58.4. The molecular formula is C54H61Br2Cl3N8O4. The Labute approximate surface area is 450 Å². The molecule has 3 amide bonds. The summed E-state index contributed by atoms with van der Waals surface area (Å²) in [6.07, 6.45) is 11.1. The molecule has 3 heterocycles. The summed E-state index contributed by atoms with van der Waals surface area (Å²) < 4.78 is 2.08. The third kappa shape index (κ3) is 24.2. The van der Waals surface area contributed by atoms with E-state index in [0.717, 1.165) is 52.8 Å². The molecule has 0 radical (unpaired) electrons. The summed E-state index contributed by atoms with van der Waals surface area (Å²) in [6.45, 7) is 6.52. The van der Waals surface area contributed by atoms with E-state index >= 15 is 0 Å². The summed E-state index contributed by atoms with van der Waals surface area (Å²) in [5.41, 5.74) is 4.91. The van der Waals surface area contributed by atoms with Gasteiger partial charge in [0.1, 0.15) is 17.5 Å². The SMILES string of the molecule is C.CC(=O)N(CCc1cccc(Br)c1)CC(=O)Nc1ccc(Cl)cn1.Cc1cccc(CCCC(=O)CNc2ccc(Cl)cn2)c1.O=C(CN(CCc1cccc(Br)c1)CC1CC1)Nc1ccc(Cl)cn1. The highest BCUT2D eigenvalue weighted by atomic mass is 79.9. The van der Waals surface area contributed by atoms with E-state index in [2.05, 4.69) is 111 Å². The lowest BCUT2D eigenvalue weighted by molar-refractivity contribution is -0.132. The quantitative estimate of drug-likeness (QED) is 0.0640. The standard InChI is InChI=1S/C19H21BrClN3O.C17H17BrClN3O2.C17H19ClN2O.CH4/c20-16-3-1-2-14(10-16)8-9-24(12-15-4-5-15)13-19(25)23-18-7-6-17(21)11-22-18;1-12(23)22(8-7-13-3-2-4-14(18)9-13)11-17(24)21-16-6-5-15(19)10-20-16;1-13-4-2-5-14(10-13)6-3-7-16(21)12-20-17-9-8-15(18)11-19-17;/h1-3,6-7,10-11,15H,4-5,8-9,12-13H2,(H,22,23,25);2-6,9-10H,7-8,11H2,1H3,(H,20,21,24);2,4-5,8-11H,3,6-7,12H2,1H3,(H,19,20);1H4. The van der Waals surface area contributed by atoms with Crippen LogP contribution in [0.3, 0.4) is 0 Å². The fourth-order valence-corrected chi connectivity index (χ4v) is 8.17. The van der Waals surface area contributed by atoms with Gasteiger partial charge in [-0.1, -0.05) is 128 Å². The lowest BCUT2D eigenvalue weighted by atomic mass is 10.0. The van der Waals surface area contributed by atoms with E-state index in [0.29, 0.717) is 65.0 Å². The third-order valence-corrected chi connectivity index (χ3v) is 12.4. The number of rotatable bonds is 21. The number of benzene rings is 3. The molecule has 0 saturated heterocycles. The Morgan fingerprint density at radius 1 is 0.634 bits per heavy atom. The first-order valence-corrected chi connectivity index (χ1v) is 25.6. The van der Waals surface area contributed by atoms with Crippen molar-refractivity contribution < 1.29 is 19.2 Å². The van der Waals surface area contributed by atoms with Gasteiger partial charge in [0.15, 0.2) is 5.78 Å². The van der Waals surface area contributed by atoms with E-state index in [1.807, 2.05) is 36.4 Å². The largest absolute Gasteiger partial charge is 0.363 e. The second kappa shape index (κ2) is 31.3. The molecule has 376 valence electrons. The number of halogens is 5. The van der Waals surface area contributed by atoms with Crippen molar-refractivity contribution >= 4 is 108 Å². The van der Waals surface area contributed by atoms with Crippen molar-refractivity contribution in [1.82, 2.24) is 24.8 Å². The van der Waals surface area contributed by atoms with Crippen LogP contribution in [0.5, 0.6) is 0 Å². The molecule has 0 aliphatic heterocycles. The van der Waals surface area contributed by atoms with Gasteiger partial charge in [0.25, 0.3) is 0 Å². The van der Waals surface area contributed by atoms with Gasteiger partial charge in [-0.3, -0.25) is 24.1 Å². The smallest absolute Gasteiger partial charge is 0.245 e. The Hall–Kier alpha value is -5.22. The second-order valence-electron chi connectivity index (χ2n) is 16.8. The normalized spacial score (nSPS) is 11.4. The van der Waals surface area contributed by atoms with Crippen molar-refractivity contribution in [1.29, 1.82) is 0 Å². The molecular weight excluding hydrogens is 1090 g/mol. The number of hydrogen-bond donors (Lipinski definition) is 3. The van der Waals surface area contributed by atoms with Gasteiger partial charge in [-0.15, -0.1) is 0 Å². The van der Waals surface area contributed by atoms with E-state index in [-0.39, 0.29) is 37.5 Å². The molecule has 71 heavy (non-hydrogen) atoms. The molecule has 17 heteroatoms. The highest BCUT2D eigenvalue weighted by molar-refractivity contribution is 9.10. The lowest BCUT2D eigenvalue weighted by Crippen LogP contribution is -2.38. The number of anilines is 3. The van der Waals surface area contributed by atoms with Gasteiger partial charge in [-0.2, -0.15) is 0 Å². The molecule has 3 aromatic heterocycles. The number of Topliss-reactive ketones (excluding diaryl/α,β-unsaturated/α-hetero) is 1. The number of aryl methyl sites for hydroxylation is 2. The monoisotopic (exact) mass is 1150 g/mol. The minimum atomic E-state index is -0.297. The van der Waals surface area contributed by atoms with Crippen molar-refractivity contribution in [3.63, 3.8) is 0 Å². The van der Waals surface area contributed by atoms with Crippen molar-refractivity contribution in [3.8, 4) is 0 Å². The number of pyridine rings is 3. The average Bonchev–Trinajstić information content (AvgIpc) is 4.15. The highest BCUT2D eigenvalue weighted by Gasteiger charge is 2.25. The van der Waals surface area contributed by atoms with Gasteiger partial charge < -0.3 is 20.9 Å². The molecule has 1 saturated carbocycles. The summed E-state index contributed by atoms with van der Waals surface area (Å²) in [5.74, 6) is 2.06. The highest BCUT2D eigenvalue weighted by Crippen LogP contribution is 2.30. The lowest BCUT2D eigenvalue weighted by Gasteiger charge is -2.21. The van der Waals surface area contributed by atoms with Crippen LogP contribution in [-0.2, 0) is 38.4 Å². The third-order valence-electron chi connectivity index (χ3n) is 10.7. The number of aromatic nitrogens is 3. The van der Waals surface area contributed by atoms with Gasteiger partial charge in [0.2, 0.25) is 17.7 Å². The maximum atomic E-state index is 12.3. The van der Waals surface area contributed by atoms with Crippen molar-refractivity contribution in [2.45, 2.75) is 66.2 Å². The molecule has 0 unspecified atom stereocenters. The number of nitrogens with zero attached hydrogens (tertiary/aromatic N) is 5. The number of hydrogen-bond acceptors (Lipinski definition) is 9. The van der Waals surface area contributed by atoms with Crippen molar-refractivity contribution in [3.05, 3.63) is 174 Å². The zero-order chi connectivity index (χ0) is 50.3. The topological polar surface area (TPSA) is 150 Å². The molecule has 0 spiro atoms. The molecule has 12 nitrogen and oxygen atoms in total. The van der Waals surface area contributed by atoms with E-state index < -0.39 is 0 Å². The van der Waals surface area contributed by atoms with Crippen LogP contribution < -0.4 is 16.0 Å². The van der Waals surface area contributed by atoms with Crippen LogP contribution in [0.25, 0.3) is 0 Å². The first-order valence-electron chi connectivity index (χ1n) is 22.9. The minimum Gasteiger partial charge on any atom is -0.363 e. The van der Waals surface area contributed by atoms with Gasteiger partial charge >= 0.3 is 0 Å². The second-order valence-corrected chi connectivity index (χ2v) is 19.9. The zero-order valence-corrected chi connectivity index (χ0v) is 44.6. The van der Waals surface area contributed by atoms with Gasteiger partial charge in [-0.25, -0.2) is 15.0 Å². The predicted octanol–water partition coefficient (Wildman–Crippen LogP) is 12.6. The Balaban J connectivity index is 0.000000231. The van der Waals surface area contributed by atoms with Gasteiger partial charge in [0.05, 0.1) is 34.7 Å². The molecule has 1 aliphatic rings. The molecule has 0 bridgehead atoms. The van der Waals surface area contributed by atoms with Crippen LogP contribution in [0, 0.1) is 12.8 Å². The Morgan fingerprint density at radius 3 is 1.61 bits per heavy atom. The van der Waals surface area contributed by atoms with Crippen LogP contribution in [-0.4, -0.2) is 87.5 Å². The molecule has 1 fully saturated rings. The molecule has 7 rings (SSSR count). The maximum Gasteiger partial charge on any atom is 0.245 e. The predicted molar refractivity (Wildman–Crippen MR) is 296 cm³/mol. The maximum absolute atomic E-state index is 12.3. The van der Waals surface area contributed by atoms with E-state index in [1.165, 1.54) is 53.7 Å². The number of nitrogens with one attached hydrogen (secondary N) is 3. The first-order chi connectivity index (χ1) is 33.6. The van der Waals surface area contributed by atoms with Gasteiger partial charge in [0, 0.05) is 60.5 Å². The molecule has 3 aromatic carbocycles. The molecule has 1 aliphatic carbocycles. The Kier molecular flexibility index (Phi) is 25.7. The molecule has 3 N–H and O–H groups in total. The summed E-state index contributed by atoms with van der Waals surface area (Å²) in [6, 6.07) is 34.8. The van der Waals surface area contributed by atoms with Crippen LogP contribution in [0.2, 0.25) is 15.1 Å². The summed E-state index contributed by atoms with van der Waals surface area (Å²) in [7, 11) is 0. The van der Waals surface area contributed by atoms with Crippen LogP contribution >= 0.6 is 66.7 Å². The number of carbonyl (C=O) groups excluding carboxylic acids is 4. The molecule has 6 aromatic rings. The van der Waals surface area contributed by atoms with Crippen LogP contribution in [0.1, 0.15) is 62.3 Å². The number of carbonyl (C=O) groups is 4. The number of ketones is 1. The summed E-state index contributed by atoms with van der Waals surface area (Å²) >= 11 is 24.3. The fraction of sp³-hybridized carbons (Fsp3) is 0.315. The average molecular weight is 1150 g/mol. The van der Waals surface area contributed by atoms with Gasteiger partial charge in [-0.05, 0) is 129 Å². The Morgan fingerprint density at radius 2 is 1.13 bits per heavy atom. The van der Waals surface area contributed by atoms with Crippen LogP contribution in [0.15, 0.2) is 137 Å². The van der Waals surface area contributed by atoms with Crippen LogP contribution in [0.4, 0.5) is 17.5 Å². The zero-order valence-electron chi connectivity index (χ0n) is 39.2. The molecule has 0 atom stereocenters. The fourth-order valence-electron chi connectivity index (χ4n) is 6.94. The van der Waals surface area contributed by atoms with Crippen molar-refractivity contribution in [2.75, 3.05) is 55.2 Å². The van der Waals surface area contributed by atoms with Crippen molar-refractivity contribution in [2.24, 2.45) is 5.92 Å². The number of amides is 3.